The molecule has 0 atom stereocenters. The summed E-state index contributed by atoms with van der Waals surface area (Å²) in [5, 5.41) is 9.17. The summed E-state index contributed by atoms with van der Waals surface area (Å²) in [5.41, 5.74) is 7.06. The Labute approximate surface area is 111 Å². The summed E-state index contributed by atoms with van der Waals surface area (Å²) in [6.45, 7) is 1.92. The minimum absolute atomic E-state index is 0.163. The van der Waals surface area contributed by atoms with Crippen LogP contribution in [0.3, 0.4) is 0 Å². The van der Waals surface area contributed by atoms with Gasteiger partial charge in [-0.2, -0.15) is 5.10 Å². The second-order valence-electron chi connectivity index (χ2n) is 3.50. The van der Waals surface area contributed by atoms with Gasteiger partial charge in [0.1, 0.15) is 4.60 Å². The number of nitrogen functional groups attached to an aromatic ring is 1. The first-order valence-electron chi connectivity index (χ1n) is 5.23. The molecule has 0 radical (unpaired) electrons. The number of aryl methyl sites for hydroxylation is 1. The van der Waals surface area contributed by atoms with E-state index >= 15 is 0 Å². The maximum Gasteiger partial charge on any atom is 0.279 e. The van der Waals surface area contributed by atoms with Gasteiger partial charge in [0.05, 0.1) is 23.8 Å². The summed E-state index contributed by atoms with van der Waals surface area (Å²) in [6.07, 6.45) is 3.61. The number of hydrogen-bond donors (Lipinski definition) is 3. The predicted octanol–water partition coefficient (Wildman–Crippen LogP) is 1.36. The fourth-order valence-electron chi connectivity index (χ4n) is 1.38. The van der Waals surface area contributed by atoms with Crippen LogP contribution in [0.2, 0.25) is 0 Å². The van der Waals surface area contributed by atoms with Gasteiger partial charge >= 0.3 is 0 Å². The lowest BCUT2D eigenvalue weighted by molar-refractivity contribution is 0.102. The van der Waals surface area contributed by atoms with Crippen LogP contribution < -0.4 is 11.1 Å². The molecule has 0 bridgehead atoms. The summed E-state index contributed by atoms with van der Waals surface area (Å²) in [7, 11) is 0. The highest BCUT2D eigenvalue weighted by Crippen LogP contribution is 2.15. The number of amides is 1. The first-order chi connectivity index (χ1) is 8.61. The van der Waals surface area contributed by atoms with Crippen LogP contribution in [0.15, 0.2) is 17.0 Å². The summed E-state index contributed by atoms with van der Waals surface area (Å²) >= 11 is 3.16. The summed E-state index contributed by atoms with van der Waals surface area (Å²) in [6, 6.07) is 0. The van der Waals surface area contributed by atoms with Crippen LogP contribution in [0, 0.1) is 0 Å². The molecule has 2 heterocycles. The zero-order chi connectivity index (χ0) is 13.1. The number of rotatable bonds is 3. The molecule has 4 N–H and O–H groups in total. The van der Waals surface area contributed by atoms with E-state index in [2.05, 4.69) is 41.4 Å². The van der Waals surface area contributed by atoms with Crippen LogP contribution in [0.1, 0.15) is 23.1 Å². The van der Waals surface area contributed by atoms with E-state index < -0.39 is 5.91 Å². The lowest BCUT2D eigenvalue weighted by Crippen LogP contribution is -2.15. The molecule has 7 nitrogen and oxygen atoms in total. The molecule has 0 spiro atoms. The van der Waals surface area contributed by atoms with Crippen molar-refractivity contribution in [1.82, 2.24) is 20.2 Å². The maximum absolute atomic E-state index is 11.9. The van der Waals surface area contributed by atoms with Gasteiger partial charge in [0.25, 0.3) is 5.91 Å². The molecule has 0 aliphatic carbocycles. The Morgan fingerprint density at radius 3 is 2.83 bits per heavy atom. The van der Waals surface area contributed by atoms with Crippen molar-refractivity contribution in [3.8, 4) is 0 Å². The maximum atomic E-state index is 11.9. The fourth-order valence-corrected chi connectivity index (χ4v) is 1.59. The first kappa shape index (κ1) is 12.5. The average Bonchev–Trinajstić information content (AvgIpc) is 2.73. The Kier molecular flexibility index (Phi) is 3.56. The molecule has 0 unspecified atom stereocenters. The number of aromatic nitrogens is 4. The van der Waals surface area contributed by atoms with Crippen LogP contribution in [-0.4, -0.2) is 26.1 Å². The second kappa shape index (κ2) is 5.13. The van der Waals surface area contributed by atoms with E-state index in [0.717, 1.165) is 5.69 Å². The van der Waals surface area contributed by atoms with E-state index in [0.29, 0.717) is 22.5 Å². The first-order valence-corrected chi connectivity index (χ1v) is 6.02. The van der Waals surface area contributed by atoms with Crippen LogP contribution in [0.5, 0.6) is 0 Å². The Hall–Kier alpha value is -1.96. The van der Waals surface area contributed by atoms with Gasteiger partial charge in [-0.1, -0.05) is 6.92 Å². The lowest BCUT2D eigenvalue weighted by atomic mass is 10.2. The largest absolute Gasteiger partial charge is 0.395 e. The van der Waals surface area contributed by atoms with E-state index in [9.17, 15) is 4.79 Å². The van der Waals surface area contributed by atoms with Crippen LogP contribution in [0.25, 0.3) is 0 Å². The number of carbonyl (C=O) groups excluding carboxylic acids is 1. The van der Waals surface area contributed by atoms with E-state index in [1.54, 1.807) is 0 Å². The number of H-pyrrole nitrogens is 1. The third-order valence-corrected chi connectivity index (χ3v) is 2.72. The molecule has 2 aromatic rings. The molecule has 18 heavy (non-hydrogen) atoms. The van der Waals surface area contributed by atoms with Crippen LogP contribution >= 0.6 is 15.9 Å². The second-order valence-corrected chi connectivity index (χ2v) is 4.31. The van der Waals surface area contributed by atoms with E-state index in [-0.39, 0.29) is 5.69 Å². The molecule has 0 aromatic carbocycles. The molecule has 0 saturated heterocycles. The van der Waals surface area contributed by atoms with Gasteiger partial charge in [-0.25, -0.2) is 9.97 Å². The Bertz CT molecular complexity index is 564. The van der Waals surface area contributed by atoms with Gasteiger partial charge in [0, 0.05) is 0 Å². The molecule has 0 saturated carbocycles. The highest BCUT2D eigenvalue weighted by atomic mass is 79.9. The molecule has 0 aliphatic heterocycles. The average molecular weight is 311 g/mol. The van der Waals surface area contributed by atoms with Gasteiger partial charge < -0.3 is 11.1 Å². The molecule has 0 fully saturated rings. The smallest absolute Gasteiger partial charge is 0.279 e. The Morgan fingerprint density at radius 2 is 2.28 bits per heavy atom. The fraction of sp³-hybridized carbons (Fsp3) is 0.200. The highest BCUT2D eigenvalue weighted by Gasteiger charge is 2.16. The molecule has 2 aromatic heterocycles. The molecule has 8 heteroatoms. The number of carbonyl (C=O) groups is 1. The van der Waals surface area contributed by atoms with Crippen molar-refractivity contribution in [3.63, 3.8) is 0 Å². The minimum atomic E-state index is -0.417. The SMILES string of the molecule is CCc1[nH]nc(C(=O)Nc2cnc(Br)cn2)c1N. The minimum Gasteiger partial charge on any atom is -0.395 e. The Balaban J connectivity index is 2.16. The zero-order valence-corrected chi connectivity index (χ0v) is 11.2. The molecule has 2 rings (SSSR count). The number of halogens is 1. The normalized spacial score (nSPS) is 10.3. The van der Waals surface area contributed by atoms with Crippen molar-refractivity contribution < 1.29 is 4.79 Å². The summed E-state index contributed by atoms with van der Waals surface area (Å²) in [4.78, 5) is 19.8. The van der Waals surface area contributed by atoms with Crippen LogP contribution in [0.4, 0.5) is 11.5 Å². The van der Waals surface area contributed by atoms with Gasteiger partial charge in [-0.05, 0) is 22.4 Å². The van der Waals surface area contributed by atoms with Crippen LogP contribution in [-0.2, 0) is 6.42 Å². The van der Waals surface area contributed by atoms with E-state index in [1.165, 1.54) is 12.4 Å². The van der Waals surface area contributed by atoms with Crippen molar-refractivity contribution in [3.05, 3.63) is 28.4 Å². The number of hydrogen-bond acceptors (Lipinski definition) is 5. The van der Waals surface area contributed by atoms with Crippen molar-refractivity contribution >= 4 is 33.3 Å². The number of nitrogens with one attached hydrogen (secondary N) is 2. The monoisotopic (exact) mass is 310 g/mol. The van der Waals surface area contributed by atoms with Gasteiger partial charge in [0.2, 0.25) is 0 Å². The number of nitrogens with two attached hydrogens (primary N) is 1. The van der Waals surface area contributed by atoms with Gasteiger partial charge in [-0.15, -0.1) is 0 Å². The summed E-state index contributed by atoms with van der Waals surface area (Å²) < 4.78 is 0.591. The molecular formula is C10H11BrN6O. The number of anilines is 2. The Morgan fingerprint density at radius 1 is 1.50 bits per heavy atom. The standard InChI is InChI=1S/C10H11BrN6O/c1-2-5-8(12)9(17-16-5)10(18)15-7-4-13-6(11)3-14-7/h3-4H,2,12H2,1H3,(H,16,17)(H,14,15,18). The third-order valence-electron chi connectivity index (χ3n) is 2.31. The molecular weight excluding hydrogens is 300 g/mol. The molecule has 0 aliphatic rings. The lowest BCUT2D eigenvalue weighted by Gasteiger charge is -2.02. The topological polar surface area (TPSA) is 110 Å². The predicted molar refractivity (Wildman–Crippen MR) is 70.1 cm³/mol. The van der Waals surface area contributed by atoms with Crippen molar-refractivity contribution in [2.45, 2.75) is 13.3 Å². The van der Waals surface area contributed by atoms with Gasteiger partial charge in [-0.3, -0.25) is 9.89 Å². The van der Waals surface area contributed by atoms with Crippen molar-refractivity contribution in [2.75, 3.05) is 11.1 Å². The molecule has 94 valence electrons. The van der Waals surface area contributed by atoms with E-state index in [4.69, 9.17) is 5.73 Å². The quantitative estimate of drug-likeness (QED) is 0.793. The number of aromatic amines is 1. The number of nitrogens with zero attached hydrogens (tertiary/aromatic N) is 3. The highest BCUT2D eigenvalue weighted by molar-refractivity contribution is 9.10. The van der Waals surface area contributed by atoms with Crippen molar-refractivity contribution in [1.29, 1.82) is 0 Å². The zero-order valence-electron chi connectivity index (χ0n) is 9.57. The van der Waals surface area contributed by atoms with Crippen molar-refractivity contribution in [2.24, 2.45) is 0 Å². The third kappa shape index (κ3) is 2.48. The van der Waals surface area contributed by atoms with E-state index in [1.807, 2.05) is 6.92 Å². The molecule has 1 amide bonds. The summed E-state index contributed by atoms with van der Waals surface area (Å²) in [5.74, 6) is -0.0799. The van der Waals surface area contributed by atoms with Gasteiger partial charge in [0.15, 0.2) is 11.5 Å².